The van der Waals surface area contributed by atoms with Gasteiger partial charge in [-0.2, -0.15) is 0 Å². The van der Waals surface area contributed by atoms with Crippen molar-refractivity contribution in [3.63, 3.8) is 0 Å². The van der Waals surface area contributed by atoms with Crippen LogP contribution in [0, 0.1) is 5.82 Å². The Balaban J connectivity index is 1.90. The smallest absolute Gasteiger partial charge is 0.280 e. The van der Waals surface area contributed by atoms with Crippen molar-refractivity contribution >= 4 is 43.5 Å². The zero-order chi connectivity index (χ0) is 17.7. The number of amides is 1. The van der Waals surface area contributed by atoms with Gasteiger partial charge in [-0.15, -0.1) is 0 Å². The van der Waals surface area contributed by atoms with E-state index in [9.17, 15) is 14.3 Å². The van der Waals surface area contributed by atoms with Gasteiger partial charge in [0, 0.05) is 14.5 Å². The standard InChI is InChI=1S/C18H9Br2FN2O2/c19-9-3-1-8(2-4-9)15-13-14(18(25)22-15)16(23-17(13)24)11-6-5-10(20)7-12(11)21/h1-7,22,25H. The normalized spacial score (nSPS) is 13.1. The molecule has 1 aliphatic rings. The first-order valence-electron chi connectivity index (χ1n) is 7.25. The fourth-order valence-corrected chi connectivity index (χ4v) is 3.45. The van der Waals surface area contributed by atoms with Gasteiger partial charge in [0.05, 0.1) is 22.5 Å². The fourth-order valence-electron chi connectivity index (χ4n) is 2.85. The Morgan fingerprint density at radius 2 is 1.68 bits per heavy atom. The number of aromatic hydroxyl groups is 1. The van der Waals surface area contributed by atoms with E-state index < -0.39 is 11.7 Å². The van der Waals surface area contributed by atoms with Crippen LogP contribution in [0.4, 0.5) is 4.39 Å². The van der Waals surface area contributed by atoms with Gasteiger partial charge >= 0.3 is 0 Å². The highest BCUT2D eigenvalue weighted by Crippen LogP contribution is 2.38. The number of benzene rings is 2. The number of hydrogen-bond acceptors (Lipinski definition) is 2. The number of aromatic amines is 1. The predicted octanol–water partition coefficient (Wildman–Crippen LogP) is 5.04. The molecular weight excluding hydrogens is 455 g/mol. The third kappa shape index (κ3) is 2.63. The van der Waals surface area contributed by atoms with Crippen molar-refractivity contribution in [2.24, 2.45) is 4.99 Å². The maximum absolute atomic E-state index is 14.3. The number of hydrogen-bond donors (Lipinski definition) is 2. The lowest BCUT2D eigenvalue weighted by atomic mass is 10.00. The average molecular weight is 464 g/mol. The molecule has 0 saturated carbocycles. The van der Waals surface area contributed by atoms with E-state index in [-0.39, 0.29) is 28.3 Å². The van der Waals surface area contributed by atoms with Gasteiger partial charge in [-0.25, -0.2) is 9.38 Å². The van der Waals surface area contributed by atoms with Gasteiger partial charge in [-0.1, -0.05) is 44.0 Å². The minimum Gasteiger partial charge on any atom is -0.494 e. The molecule has 1 amide bonds. The number of carbonyl (C=O) groups is 1. The molecule has 0 saturated heterocycles. The Bertz CT molecular complexity index is 1060. The molecule has 4 nitrogen and oxygen atoms in total. The van der Waals surface area contributed by atoms with Crippen molar-refractivity contribution in [2.75, 3.05) is 0 Å². The Hall–Kier alpha value is -2.25. The molecule has 0 unspecified atom stereocenters. The molecule has 3 aromatic rings. The van der Waals surface area contributed by atoms with E-state index in [2.05, 4.69) is 41.8 Å². The van der Waals surface area contributed by atoms with E-state index in [0.29, 0.717) is 10.2 Å². The topological polar surface area (TPSA) is 65.4 Å². The van der Waals surface area contributed by atoms with Crippen molar-refractivity contribution in [1.82, 2.24) is 4.98 Å². The first kappa shape index (κ1) is 16.2. The molecule has 1 aliphatic heterocycles. The zero-order valence-corrected chi connectivity index (χ0v) is 15.7. The molecule has 0 atom stereocenters. The average Bonchev–Trinajstić information content (AvgIpc) is 3.08. The maximum Gasteiger partial charge on any atom is 0.280 e. The van der Waals surface area contributed by atoms with Crippen LogP contribution in [0.15, 0.2) is 56.4 Å². The molecular formula is C18H9Br2FN2O2. The molecule has 0 bridgehead atoms. The second kappa shape index (κ2) is 5.93. The van der Waals surface area contributed by atoms with Gasteiger partial charge in [-0.05, 0) is 35.9 Å². The van der Waals surface area contributed by atoms with E-state index in [1.165, 1.54) is 12.1 Å². The number of nitrogens with zero attached hydrogens (tertiary/aromatic N) is 1. The second-order valence-corrected chi connectivity index (χ2v) is 7.33. The molecule has 1 aromatic heterocycles. The first-order chi connectivity index (χ1) is 12.0. The third-order valence-corrected chi connectivity index (χ3v) is 4.99. The Morgan fingerprint density at radius 1 is 1.00 bits per heavy atom. The Kier molecular flexibility index (Phi) is 3.85. The van der Waals surface area contributed by atoms with Crippen molar-refractivity contribution in [1.29, 1.82) is 0 Å². The summed E-state index contributed by atoms with van der Waals surface area (Å²) in [5.74, 6) is -1.25. The number of aromatic nitrogens is 1. The van der Waals surface area contributed by atoms with Crippen molar-refractivity contribution in [2.45, 2.75) is 0 Å². The van der Waals surface area contributed by atoms with Crippen LogP contribution in [0.1, 0.15) is 21.5 Å². The lowest BCUT2D eigenvalue weighted by molar-refractivity contribution is 0.101. The summed E-state index contributed by atoms with van der Waals surface area (Å²) in [7, 11) is 0. The monoisotopic (exact) mass is 462 g/mol. The Morgan fingerprint density at radius 3 is 2.36 bits per heavy atom. The molecule has 2 heterocycles. The third-order valence-electron chi connectivity index (χ3n) is 3.96. The van der Waals surface area contributed by atoms with E-state index in [4.69, 9.17) is 0 Å². The van der Waals surface area contributed by atoms with Crippen LogP contribution in [0.3, 0.4) is 0 Å². The van der Waals surface area contributed by atoms with Crippen LogP contribution in [-0.2, 0) is 0 Å². The number of carbonyl (C=O) groups excluding carboxylic acids is 1. The summed E-state index contributed by atoms with van der Waals surface area (Å²) >= 11 is 6.55. The minimum atomic E-state index is -0.528. The second-order valence-electron chi connectivity index (χ2n) is 5.50. The molecule has 2 N–H and O–H groups in total. The summed E-state index contributed by atoms with van der Waals surface area (Å²) in [6.07, 6.45) is 0. The van der Waals surface area contributed by atoms with Gasteiger partial charge in [0.2, 0.25) is 0 Å². The highest BCUT2D eigenvalue weighted by Gasteiger charge is 2.34. The molecule has 0 radical (unpaired) electrons. The summed E-state index contributed by atoms with van der Waals surface area (Å²) in [4.78, 5) is 19.2. The van der Waals surface area contributed by atoms with Crippen LogP contribution in [-0.4, -0.2) is 21.7 Å². The van der Waals surface area contributed by atoms with Crippen molar-refractivity contribution in [3.05, 3.63) is 73.9 Å². The molecule has 0 fully saturated rings. The van der Waals surface area contributed by atoms with Crippen LogP contribution in [0.25, 0.3) is 11.3 Å². The van der Waals surface area contributed by atoms with E-state index in [1.54, 1.807) is 18.2 Å². The summed E-state index contributed by atoms with van der Waals surface area (Å²) in [6, 6.07) is 11.7. The highest BCUT2D eigenvalue weighted by atomic mass is 79.9. The number of fused-ring (bicyclic) bond motifs is 1. The number of H-pyrrole nitrogens is 1. The first-order valence-corrected chi connectivity index (χ1v) is 8.84. The van der Waals surface area contributed by atoms with Gasteiger partial charge < -0.3 is 10.1 Å². The van der Waals surface area contributed by atoms with Crippen LogP contribution in [0.2, 0.25) is 0 Å². The van der Waals surface area contributed by atoms with Gasteiger partial charge in [0.15, 0.2) is 5.88 Å². The number of rotatable bonds is 2. The van der Waals surface area contributed by atoms with Crippen LogP contribution < -0.4 is 0 Å². The molecule has 0 spiro atoms. The van der Waals surface area contributed by atoms with Gasteiger partial charge in [0.1, 0.15) is 5.82 Å². The molecule has 7 heteroatoms. The van der Waals surface area contributed by atoms with Gasteiger partial charge in [-0.3, -0.25) is 4.79 Å². The zero-order valence-electron chi connectivity index (χ0n) is 12.5. The van der Waals surface area contributed by atoms with Crippen LogP contribution >= 0.6 is 31.9 Å². The summed E-state index contributed by atoms with van der Waals surface area (Å²) in [5.41, 5.74) is 1.94. The Labute approximate surface area is 158 Å². The molecule has 0 aliphatic carbocycles. The summed E-state index contributed by atoms with van der Waals surface area (Å²) in [6.45, 7) is 0. The summed E-state index contributed by atoms with van der Waals surface area (Å²) in [5, 5.41) is 10.3. The van der Waals surface area contributed by atoms with E-state index in [0.717, 1.165) is 10.0 Å². The molecule has 124 valence electrons. The minimum absolute atomic E-state index is 0.127. The highest BCUT2D eigenvalue weighted by molar-refractivity contribution is 9.10. The molecule has 4 rings (SSSR count). The SMILES string of the molecule is O=C1N=C(c2ccc(Br)cc2F)c2c(O)[nH]c(-c3ccc(Br)cc3)c21. The largest absolute Gasteiger partial charge is 0.494 e. The quantitative estimate of drug-likeness (QED) is 0.558. The van der Waals surface area contributed by atoms with E-state index >= 15 is 0 Å². The molecule has 2 aromatic carbocycles. The van der Waals surface area contributed by atoms with Crippen LogP contribution in [0.5, 0.6) is 5.88 Å². The van der Waals surface area contributed by atoms with Crippen molar-refractivity contribution in [3.8, 4) is 17.1 Å². The number of aliphatic imine (C=N–C) groups is 1. The summed E-state index contributed by atoms with van der Waals surface area (Å²) < 4.78 is 15.8. The van der Waals surface area contributed by atoms with Gasteiger partial charge in [0.25, 0.3) is 5.91 Å². The lowest BCUT2D eigenvalue weighted by Gasteiger charge is -2.03. The number of nitrogens with one attached hydrogen (secondary N) is 1. The maximum atomic E-state index is 14.3. The number of halogens is 3. The fraction of sp³-hybridized carbons (Fsp3) is 0. The van der Waals surface area contributed by atoms with Crippen molar-refractivity contribution < 1.29 is 14.3 Å². The lowest BCUT2D eigenvalue weighted by Crippen LogP contribution is -2.03. The molecule has 25 heavy (non-hydrogen) atoms. The van der Waals surface area contributed by atoms with E-state index in [1.807, 2.05) is 12.1 Å². The predicted molar refractivity (Wildman–Crippen MR) is 99.7 cm³/mol.